The van der Waals surface area contributed by atoms with Crippen LogP contribution in [0.15, 0.2) is 36.7 Å². The van der Waals surface area contributed by atoms with Gasteiger partial charge in [0.15, 0.2) is 0 Å². The molecule has 3 aromatic rings. The van der Waals surface area contributed by atoms with Crippen LogP contribution >= 0.6 is 0 Å². The standard InChI is InChI=1S/C24H30N4O2/c1-16-11-17(2)24-21(12-16)20(18(3)27-24)13-23(29)26-15-22(19-5-4-6-25-14-19)28-7-9-30-10-8-28/h4-6,11-12,14,22,27H,7-10,13,15H2,1-3H3,(H,26,29)/t22-/m0/s1. The number of aryl methyl sites for hydroxylation is 3. The lowest BCUT2D eigenvalue weighted by molar-refractivity contribution is -0.120. The van der Waals surface area contributed by atoms with Crippen LogP contribution in [0.2, 0.25) is 0 Å². The van der Waals surface area contributed by atoms with E-state index in [0.717, 1.165) is 54.0 Å². The van der Waals surface area contributed by atoms with Crippen LogP contribution in [0.5, 0.6) is 0 Å². The van der Waals surface area contributed by atoms with E-state index in [-0.39, 0.29) is 11.9 Å². The molecule has 0 unspecified atom stereocenters. The zero-order valence-electron chi connectivity index (χ0n) is 18.0. The average molecular weight is 407 g/mol. The predicted molar refractivity (Wildman–Crippen MR) is 119 cm³/mol. The van der Waals surface area contributed by atoms with Crippen LogP contribution in [-0.4, -0.2) is 53.6 Å². The smallest absolute Gasteiger partial charge is 0.224 e. The van der Waals surface area contributed by atoms with E-state index >= 15 is 0 Å². The Bertz CT molecular complexity index is 1020. The predicted octanol–water partition coefficient (Wildman–Crippen LogP) is 3.22. The maximum atomic E-state index is 12.9. The number of amides is 1. The first-order valence-electron chi connectivity index (χ1n) is 10.6. The number of benzene rings is 1. The molecular formula is C24H30N4O2. The Hall–Kier alpha value is -2.70. The number of carbonyl (C=O) groups is 1. The number of aromatic nitrogens is 2. The Morgan fingerprint density at radius 2 is 2.07 bits per heavy atom. The van der Waals surface area contributed by atoms with Gasteiger partial charge in [0, 0.05) is 48.6 Å². The highest BCUT2D eigenvalue weighted by molar-refractivity contribution is 5.92. The third-order valence-corrected chi connectivity index (χ3v) is 5.96. The molecule has 1 aliphatic rings. The van der Waals surface area contributed by atoms with Crippen molar-refractivity contribution in [2.24, 2.45) is 0 Å². The Morgan fingerprint density at radius 1 is 1.27 bits per heavy atom. The van der Waals surface area contributed by atoms with Crippen molar-refractivity contribution in [3.63, 3.8) is 0 Å². The molecule has 158 valence electrons. The van der Waals surface area contributed by atoms with Crippen molar-refractivity contribution in [3.05, 3.63) is 64.6 Å². The molecule has 0 spiro atoms. The van der Waals surface area contributed by atoms with Crippen LogP contribution in [0.25, 0.3) is 10.9 Å². The molecule has 1 saturated heterocycles. The van der Waals surface area contributed by atoms with Gasteiger partial charge in [0.2, 0.25) is 5.91 Å². The van der Waals surface area contributed by atoms with Gasteiger partial charge >= 0.3 is 0 Å². The minimum Gasteiger partial charge on any atom is -0.379 e. The molecule has 6 nitrogen and oxygen atoms in total. The van der Waals surface area contributed by atoms with Gasteiger partial charge in [-0.05, 0) is 49.6 Å². The van der Waals surface area contributed by atoms with Crippen molar-refractivity contribution in [2.45, 2.75) is 33.2 Å². The van der Waals surface area contributed by atoms with Crippen LogP contribution in [0.3, 0.4) is 0 Å². The lowest BCUT2D eigenvalue weighted by Crippen LogP contribution is -2.44. The number of H-pyrrole nitrogens is 1. The molecule has 6 heteroatoms. The lowest BCUT2D eigenvalue weighted by atomic mass is 10.0. The van der Waals surface area contributed by atoms with E-state index in [1.165, 1.54) is 11.1 Å². The van der Waals surface area contributed by atoms with Crippen molar-refractivity contribution in [1.29, 1.82) is 0 Å². The van der Waals surface area contributed by atoms with Crippen LogP contribution in [0.1, 0.15) is 34.0 Å². The van der Waals surface area contributed by atoms with Gasteiger partial charge in [-0.15, -0.1) is 0 Å². The zero-order chi connectivity index (χ0) is 21.1. The van der Waals surface area contributed by atoms with E-state index in [0.29, 0.717) is 13.0 Å². The molecule has 1 atom stereocenters. The molecule has 0 saturated carbocycles. The molecule has 2 N–H and O–H groups in total. The molecule has 1 fully saturated rings. The van der Waals surface area contributed by atoms with E-state index < -0.39 is 0 Å². The largest absolute Gasteiger partial charge is 0.379 e. The molecule has 2 aromatic heterocycles. The lowest BCUT2D eigenvalue weighted by Gasteiger charge is -2.34. The number of ether oxygens (including phenoxy) is 1. The Balaban J connectivity index is 1.49. The number of aromatic amines is 1. The number of pyridine rings is 1. The highest BCUT2D eigenvalue weighted by atomic mass is 16.5. The molecule has 0 radical (unpaired) electrons. The summed E-state index contributed by atoms with van der Waals surface area (Å²) in [5, 5.41) is 4.33. The second-order valence-electron chi connectivity index (χ2n) is 8.16. The maximum Gasteiger partial charge on any atom is 0.224 e. The second kappa shape index (κ2) is 8.98. The van der Waals surface area contributed by atoms with Gasteiger partial charge in [0.05, 0.1) is 25.7 Å². The van der Waals surface area contributed by atoms with Crippen LogP contribution in [-0.2, 0) is 16.0 Å². The normalized spacial score (nSPS) is 16.0. The number of rotatable bonds is 6. The van der Waals surface area contributed by atoms with Crippen molar-refractivity contribution in [2.75, 3.05) is 32.8 Å². The highest BCUT2D eigenvalue weighted by Crippen LogP contribution is 2.27. The number of fused-ring (bicyclic) bond motifs is 1. The molecule has 1 amide bonds. The van der Waals surface area contributed by atoms with Gasteiger partial charge in [-0.1, -0.05) is 17.7 Å². The van der Waals surface area contributed by atoms with Crippen LogP contribution in [0, 0.1) is 20.8 Å². The van der Waals surface area contributed by atoms with Gasteiger partial charge in [-0.25, -0.2) is 0 Å². The topological polar surface area (TPSA) is 70.2 Å². The Kier molecular flexibility index (Phi) is 6.16. The first-order valence-corrected chi connectivity index (χ1v) is 10.6. The molecule has 3 heterocycles. The fourth-order valence-electron chi connectivity index (χ4n) is 4.42. The first-order chi connectivity index (χ1) is 14.5. The SMILES string of the molecule is Cc1cc(C)c2[nH]c(C)c(CC(=O)NC[C@@H](c3cccnc3)N3CCOCC3)c2c1. The summed E-state index contributed by atoms with van der Waals surface area (Å²) >= 11 is 0. The molecular weight excluding hydrogens is 376 g/mol. The minimum atomic E-state index is 0.0420. The molecule has 0 aliphatic carbocycles. The summed E-state index contributed by atoms with van der Waals surface area (Å²) in [6, 6.07) is 8.46. The monoisotopic (exact) mass is 406 g/mol. The van der Waals surface area contributed by atoms with Gasteiger partial charge in [-0.3, -0.25) is 14.7 Å². The van der Waals surface area contributed by atoms with E-state index in [2.05, 4.69) is 52.2 Å². The third-order valence-electron chi connectivity index (χ3n) is 5.96. The summed E-state index contributed by atoms with van der Waals surface area (Å²) in [6.07, 6.45) is 4.04. The van der Waals surface area contributed by atoms with Crippen LogP contribution in [0.4, 0.5) is 0 Å². The fraction of sp³-hybridized carbons (Fsp3) is 0.417. The molecule has 0 bridgehead atoms. The summed E-state index contributed by atoms with van der Waals surface area (Å²) in [5.74, 6) is 0.0420. The zero-order valence-corrected chi connectivity index (χ0v) is 18.0. The number of morpholine rings is 1. The van der Waals surface area contributed by atoms with Crippen molar-refractivity contribution >= 4 is 16.8 Å². The number of hydrogen-bond acceptors (Lipinski definition) is 4. The molecule has 1 aromatic carbocycles. The van der Waals surface area contributed by atoms with Crippen molar-refractivity contribution < 1.29 is 9.53 Å². The number of carbonyl (C=O) groups excluding carboxylic acids is 1. The van der Waals surface area contributed by atoms with E-state index in [1.807, 2.05) is 19.2 Å². The Morgan fingerprint density at radius 3 is 2.80 bits per heavy atom. The fourth-order valence-corrected chi connectivity index (χ4v) is 4.42. The second-order valence-corrected chi connectivity index (χ2v) is 8.16. The van der Waals surface area contributed by atoms with Gasteiger partial charge < -0.3 is 15.0 Å². The van der Waals surface area contributed by atoms with Gasteiger partial charge in [-0.2, -0.15) is 0 Å². The summed E-state index contributed by atoms with van der Waals surface area (Å²) in [4.78, 5) is 23.0. The molecule has 30 heavy (non-hydrogen) atoms. The molecule has 4 rings (SSSR count). The van der Waals surface area contributed by atoms with E-state index in [9.17, 15) is 4.79 Å². The summed E-state index contributed by atoms with van der Waals surface area (Å²) in [6.45, 7) is 9.96. The highest BCUT2D eigenvalue weighted by Gasteiger charge is 2.24. The van der Waals surface area contributed by atoms with E-state index in [1.54, 1.807) is 6.20 Å². The van der Waals surface area contributed by atoms with Crippen LogP contribution < -0.4 is 5.32 Å². The third kappa shape index (κ3) is 4.40. The molecule has 1 aliphatic heterocycles. The number of nitrogens with one attached hydrogen (secondary N) is 2. The number of hydrogen-bond donors (Lipinski definition) is 2. The van der Waals surface area contributed by atoms with Crippen molar-refractivity contribution in [3.8, 4) is 0 Å². The minimum absolute atomic E-state index is 0.0420. The summed E-state index contributed by atoms with van der Waals surface area (Å²) in [5.41, 5.74) is 6.81. The first kappa shape index (κ1) is 20.6. The van der Waals surface area contributed by atoms with Crippen molar-refractivity contribution in [1.82, 2.24) is 20.2 Å². The quantitative estimate of drug-likeness (QED) is 0.659. The van der Waals surface area contributed by atoms with E-state index in [4.69, 9.17) is 4.74 Å². The maximum absolute atomic E-state index is 12.9. The number of nitrogens with zero attached hydrogens (tertiary/aromatic N) is 2. The Labute approximate surface area is 177 Å². The summed E-state index contributed by atoms with van der Waals surface area (Å²) < 4.78 is 5.51. The average Bonchev–Trinajstić information content (AvgIpc) is 3.05. The summed E-state index contributed by atoms with van der Waals surface area (Å²) in [7, 11) is 0. The van der Waals surface area contributed by atoms with Gasteiger partial charge in [0.25, 0.3) is 0 Å². The van der Waals surface area contributed by atoms with Gasteiger partial charge in [0.1, 0.15) is 0 Å².